The molecule has 108 valence electrons. The lowest BCUT2D eigenvalue weighted by Gasteiger charge is -2.10. The summed E-state index contributed by atoms with van der Waals surface area (Å²) in [6, 6.07) is 5.08. The van der Waals surface area contributed by atoms with Gasteiger partial charge in [-0.2, -0.15) is 5.10 Å². The number of halogens is 1. The predicted molar refractivity (Wildman–Crippen MR) is 79.4 cm³/mol. The predicted octanol–water partition coefficient (Wildman–Crippen LogP) is 2.07. The first-order chi connectivity index (χ1) is 9.22. The molecule has 0 bridgehead atoms. The number of nitrogens with zero attached hydrogens (tertiary/aromatic N) is 2. The summed E-state index contributed by atoms with van der Waals surface area (Å²) >= 11 is 6.00. The van der Waals surface area contributed by atoms with Crippen molar-refractivity contribution in [3.63, 3.8) is 0 Å². The van der Waals surface area contributed by atoms with Crippen molar-refractivity contribution in [2.75, 3.05) is 10.5 Å². The van der Waals surface area contributed by atoms with E-state index in [0.717, 1.165) is 5.56 Å². The summed E-state index contributed by atoms with van der Waals surface area (Å²) in [6.45, 7) is 3.48. The largest absolute Gasteiger partial charge is 0.381 e. The van der Waals surface area contributed by atoms with E-state index in [0.29, 0.717) is 16.4 Å². The van der Waals surface area contributed by atoms with Gasteiger partial charge in [0.05, 0.1) is 16.4 Å². The zero-order valence-corrected chi connectivity index (χ0v) is 12.9. The molecule has 1 heterocycles. The van der Waals surface area contributed by atoms with E-state index in [-0.39, 0.29) is 10.7 Å². The van der Waals surface area contributed by atoms with Crippen LogP contribution in [0.5, 0.6) is 0 Å². The quantitative estimate of drug-likeness (QED) is 0.907. The van der Waals surface area contributed by atoms with Gasteiger partial charge in [0, 0.05) is 7.05 Å². The summed E-state index contributed by atoms with van der Waals surface area (Å²) in [7, 11) is -2.21. The number of aryl methyl sites for hydroxylation is 2. The fraction of sp³-hybridized carbons (Fsp3) is 0.250. The third-order valence-corrected chi connectivity index (χ3v) is 4.80. The third kappa shape index (κ3) is 2.59. The highest BCUT2D eigenvalue weighted by molar-refractivity contribution is 7.93. The first-order valence-corrected chi connectivity index (χ1v) is 7.66. The van der Waals surface area contributed by atoms with Crippen LogP contribution in [0.4, 0.5) is 11.5 Å². The van der Waals surface area contributed by atoms with Crippen molar-refractivity contribution in [1.82, 2.24) is 9.78 Å². The molecular weight excluding hydrogens is 300 g/mol. The highest BCUT2D eigenvalue weighted by Gasteiger charge is 2.25. The molecule has 0 aliphatic carbocycles. The first kappa shape index (κ1) is 14.7. The maximum absolute atomic E-state index is 12.4. The number of aromatic nitrogens is 2. The van der Waals surface area contributed by atoms with Crippen LogP contribution < -0.4 is 10.5 Å². The molecule has 0 aliphatic heterocycles. The number of nitrogens with one attached hydrogen (secondary N) is 1. The van der Waals surface area contributed by atoms with Crippen LogP contribution in [0.1, 0.15) is 11.3 Å². The molecule has 0 saturated carbocycles. The summed E-state index contributed by atoms with van der Waals surface area (Å²) < 4.78 is 28.7. The first-order valence-electron chi connectivity index (χ1n) is 5.80. The van der Waals surface area contributed by atoms with E-state index in [9.17, 15) is 8.42 Å². The fourth-order valence-electron chi connectivity index (χ4n) is 1.86. The van der Waals surface area contributed by atoms with E-state index in [2.05, 4.69) is 9.82 Å². The fourth-order valence-corrected chi connectivity index (χ4v) is 3.48. The average Bonchev–Trinajstić information content (AvgIpc) is 2.58. The molecule has 0 amide bonds. The molecule has 8 heteroatoms. The summed E-state index contributed by atoms with van der Waals surface area (Å²) in [5.41, 5.74) is 7.33. The minimum atomic E-state index is -3.84. The summed E-state index contributed by atoms with van der Waals surface area (Å²) in [5.74, 6) is -0.0405. The number of nitrogens with two attached hydrogens (primary N) is 1. The van der Waals surface area contributed by atoms with E-state index in [1.165, 1.54) is 4.68 Å². The van der Waals surface area contributed by atoms with Crippen molar-refractivity contribution in [3.8, 4) is 0 Å². The lowest BCUT2D eigenvalue weighted by atomic mass is 10.2. The highest BCUT2D eigenvalue weighted by atomic mass is 35.5. The van der Waals surface area contributed by atoms with Crippen molar-refractivity contribution in [1.29, 1.82) is 0 Å². The average molecular weight is 315 g/mol. The number of nitrogen functional groups attached to an aromatic ring is 1. The Bertz CT molecular complexity index is 768. The minimum absolute atomic E-state index is 0.0300. The van der Waals surface area contributed by atoms with E-state index in [1.807, 2.05) is 6.92 Å². The van der Waals surface area contributed by atoms with Gasteiger partial charge >= 0.3 is 0 Å². The second-order valence-electron chi connectivity index (χ2n) is 4.51. The molecule has 6 nitrogen and oxygen atoms in total. The Kier molecular flexibility index (Phi) is 3.66. The number of benzene rings is 1. The second-order valence-corrected chi connectivity index (χ2v) is 6.54. The molecule has 2 aromatic rings. The number of rotatable bonds is 3. The van der Waals surface area contributed by atoms with Crippen LogP contribution in [0, 0.1) is 13.8 Å². The van der Waals surface area contributed by atoms with Gasteiger partial charge in [-0.05, 0) is 31.5 Å². The van der Waals surface area contributed by atoms with Crippen molar-refractivity contribution in [3.05, 3.63) is 34.5 Å². The molecule has 0 unspecified atom stereocenters. The Hall–Kier alpha value is -1.73. The van der Waals surface area contributed by atoms with Gasteiger partial charge in [-0.3, -0.25) is 9.40 Å². The van der Waals surface area contributed by atoms with E-state index in [4.69, 9.17) is 17.3 Å². The van der Waals surface area contributed by atoms with Crippen LogP contribution in [0.2, 0.25) is 5.02 Å². The Morgan fingerprint density at radius 2 is 2.00 bits per heavy atom. The molecule has 0 spiro atoms. The van der Waals surface area contributed by atoms with Crippen LogP contribution in [0.25, 0.3) is 0 Å². The summed E-state index contributed by atoms with van der Waals surface area (Å²) in [4.78, 5) is -0.0300. The van der Waals surface area contributed by atoms with Crippen LogP contribution in [0.3, 0.4) is 0 Å². The lowest BCUT2D eigenvalue weighted by molar-refractivity contribution is 0.600. The molecule has 2 rings (SSSR count). The summed E-state index contributed by atoms with van der Waals surface area (Å²) in [6.07, 6.45) is 0. The van der Waals surface area contributed by atoms with E-state index >= 15 is 0 Å². The van der Waals surface area contributed by atoms with Gasteiger partial charge in [-0.1, -0.05) is 17.7 Å². The Balaban J connectivity index is 2.49. The smallest absolute Gasteiger partial charge is 0.267 e. The summed E-state index contributed by atoms with van der Waals surface area (Å²) in [5, 5.41) is 4.22. The third-order valence-electron chi connectivity index (χ3n) is 2.94. The van der Waals surface area contributed by atoms with Gasteiger partial charge in [0.2, 0.25) is 0 Å². The normalized spacial score (nSPS) is 11.6. The van der Waals surface area contributed by atoms with Crippen LogP contribution >= 0.6 is 11.6 Å². The topological polar surface area (TPSA) is 90.0 Å². The van der Waals surface area contributed by atoms with Gasteiger partial charge < -0.3 is 5.73 Å². The van der Waals surface area contributed by atoms with Crippen LogP contribution in [-0.2, 0) is 17.1 Å². The molecule has 0 aliphatic rings. The molecule has 0 atom stereocenters. The maximum atomic E-state index is 12.4. The monoisotopic (exact) mass is 314 g/mol. The van der Waals surface area contributed by atoms with Crippen LogP contribution in [0.15, 0.2) is 23.1 Å². The molecular formula is C12H15ClN4O2S. The Labute approximate surface area is 122 Å². The second kappa shape index (κ2) is 4.99. The molecule has 0 saturated heterocycles. The standard InChI is InChI=1S/C12H15ClN4O2S/c1-7-4-5-9(13)10(6-7)16-20(18,19)11-8(2)17(3)15-12(11)14/h4-6,16H,1-3H3,(H2,14,15). The zero-order valence-electron chi connectivity index (χ0n) is 11.3. The number of hydrogen-bond acceptors (Lipinski definition) is 4. The Morgan fingerprint density at radius 1 is 1.35 bits per heavy atom. The molecule has 1 aromatic heterocycles. The van der Waals surface area contributed by atoms with Gasteiger partial charge in [-0.25, -0.2) is 8.42 Å². The number of sulfonamides is 1. The SMILES string of the molecule is Cc1ccc(Cl)c(NS(=O)(=O)c2c(N)nn(C)c2C)c1. The van der Waals surface area contributed by atoms with Gasteiger partial charge in [0.1, 0.15) is 0 Å². The van der Waals surface area contributed by atoms with Crippen molar-refractivity contribution >= 4 is 33.1 Å². The van der Waals surface area contributed by atoms with Gasteiger partial charge in [0.15, 0.2) is 10.7 Å². The van der Waals surface area contributed by atoms with Crippen LogP contribution in [-0.4, -0.2) is 18.2 Å². The molecule has 3 N–H and O–H groups in total. The number of hydrogen-bond donors (Lipinski definition) is 2. The van der Waals surface area contributed by atoms with E-state index in [1.54, 1.807) is 32.2 Å². The Morgan fingerprint density at radius 3 is 2.55 bits per heavy atom. The van der Waals surface area contributed by atoms with Crippen molar-refractivity contribution < 1.29 is 8.42 Å². The zero-order chi connectivity index (χ0) is 15.1. The van der Waals surface area contributed by atoms with Crippen molar-refractivity contribution in [2.24, 2.45) is 7.05 Å². The minimum Gasteiger partial charge on any atom is -0.381 e. The lowest BCUT2D eigenvalue weighted by Crippen LogP contribution is -2.15. The molecule has 20 heavy (non-hydrogen) atoms. The van der Waals surface area contributed by atoms with E-state index < -0.39 is 10.0 Å². The molecule has 0 radical (unpaired) electrons. The van der Waals surface area contributed by atoms with Gasteiger partial charge in [0.25, 0.3) is 10.0 Å². The molecule has 0 fully saturated rings. The number of anilines is 2. The van der Waals surface area contributed by atoms with Gasteiger partial charge in [-0.15, -0.1) is 0 Å². The van der Waals surface area contributed by atoms with Crippen molar-refractivity contribution in [2.45, 2.75) is 18.7 Å². The highest BCUT2D eigenvalue weighted by Crippen LogP contribution is 2.28. The maximum Gasteiger partial charge on any atom is 0.267 e. The molecule has 1 aromatic carbocycles.